The lowest BCUT2D eigenvalue weighted by molar-refractivity contribution is -0.239. The van der Waals surface area contributed by atoms with E-state index in [-0.39, 0.29) is 42.2 Å². The number of fused-ring (bicyclic) bond motifs is 5. The van der Waals surface area contributed by atoms with Crippen molar-refractivity contribution < 1.29 is 28.6 Å². The Morgan fingerprint density at radius 2 is 1.69 bits per heavy atom. The lowest BCUT2D eigenvalue weighted by atomic mass is 9.42. The quantitative estimate of drug-likeness (QED) is 0.707. The number of ether oxygens (including phenoxy) is 1. The van der Waals surface area contributed by atoms with Gasteiger partial charge in [0.15, 0.2) is 11.4 Å². The van der Waals surface area contributed by atoms with E-state index in [4.69, 9.17) is 4.74 Å². The molecule has 0 radical (unpaired) electrons. The predicted molar refractivity (Wildman–Crippen MR) is 104 cm³/mol. The number of aliphatic hydroxyl groups is 1. The monoisotopic (exact) mass is 408 g/mol. The van der Waals surface area contributed by atoms with Crippen molar-refractivity contribution in [2.75, 3.05) is 0 Å². The van der Waals surface area contributed by atoms with Crippen molar-refractivity contribution in [2.45, 2.75) is 96.4 Å². The number of carbonyl (C=O) groups excluding carboxylic acids is 3. The van der Waals surface area contributed by atoms with Crippen molar-refractivity contribution >= 4 is 17.5 Å². The minimum Gasteiger partial charge on any atom is -0.451 e. The highest BCUT2D eigenvalue weighted by atomic mass is 19.1. The van der Waals surface area contributed by atoms with Crippen molar-refractivity contribution in [2.24, 2.45) is 28.6 Å². The Morgan fingerprint density at radius 3 is 2.31 bits per heavy atom. The number of halogens is 1. The largest absolute Gasteiger partial charge is 0.451 e. The number of hydrogen-bond donors (Lipinski definition) is 1. The average Bonchev–Trinajstić information content (AvgIpc) is 2.91. The molecule has 1 N–H and O–H groups in total. The fraction of sp³-hybridized carbons (Fsp3) is 0.870. The van der Waals surface area contributed by atoms with E-state index < -0.39 is 34.2 Å². The van der Waals surface area contributed by atoms with Crippen molar-refractivity contribution in [3.8, 4) is 0 Å². The highest BCUT2D eigenvalue weighted by Crippen LogP contribution is 2.69. The van der Waals surface area contributed by atoms with Crippen LogP contribution in [0.3, 0.4) is 0 Å². The van der Waals surface area contributed by atoms with E-state index in [1.165, 1.54) is 13.8 Å². The molecule has 0 spiro atoms. The Morgan fingerprint density at radius 1 is 1.07 bits per heavy atom. The average molecular weight is 409 g/mol. The molecule has 6 heteroatoms. The maximum absolute atomic E-state index is 15.5. The zero-order chi connectivity index (χ0) is 21.4. The van der Waals surface area contributed by atoms with Gasteiger partial charge in [0.1, 0.15) is 17.6 Å². The maximum atomic E-state index is 15.5. The molecule has 4 fully saturated rings. The van der Waals surface area contributed by atoms with Gasteiger partial charge in [0.05, 0.1) is 0 Å². The van der Waals surface area contributed by atoms with E-state index in [1.54, 1.807) is 0 Å². The van der Waals surface area contributed by atoms with Crippen LogP contribution in [0.1, 0.15) is 79.1 Å². The minimum atomic E-state index is -1.59. The lowest BCUT2D eigenvalue weighted by Crippen LogP contribution is -2.68. The Bertz CT molecular complexity index is 766. The van der Waals surface area contributed by atoms with Crippen molar-refractivity contribution in [1.82, 2.24) is 0 Å². The van der Waals surface area contributed by atoms with Crippen LogP contribution < -0.4 is 0 Å². The van der Waals surface area contributed by atoms with E-state index in [0.29, 0.717) is 32.1 Å². The van der Waals surface area contributed by atoms with E-state index in [9.17, 15) is 19.5 Å². The summed E-state index contributed by atoms with van der Waals surface area (Å²) in [7, 11) is 0. The Balaban J connectivity index is 1.73. The summed E-state index contributed by atoms with van der Waals surface area (Å²) in [6.45, 7) is 6.83. The third-order valence-corrected chi connectivity index (χ3v) is 9.64. The second kappa shape index (κ2) is 6.35. The molecular weight excluding hydrogens is 375 g/mol. The second-order valence-corrected chi connectivity index (χ2v) is 10.6. The molecule has 0 unspecified atom stereocenters. The molecule has 8 atom stereocenters. The van der Waals surface area contributed by atoms with E-state index in [0.717, 1.165) is 6.42 Å². The van der Waals surface area contributed by atoms with Gasteiger partial charge in [-0.05, 0) is 63.2 Å². The molecule has 0 aliphatic heterocycles. The first-order chi connectivity index (χ1) is 13.4. The van der Waals surface area contributed by atoms with Crippen LogP contribution >= 0.6 is 0 Å². The molecule has 0 heterocycles. The van der Waals surface area contributed by atoms with Gasteiger partial charge in [-0.15, -0.1) is 0 Å². The van der Waals surface area contributed by atoms with E-state index >= 15 is 4.39 Å². The van der Waals surface area contributed by atoms with Crippen LogP contribution in [-0.2, 0) is 19.1 Å². The van der Waals surface area contributed by atoms with E-state index in [2.05, 4.69) is 0 Å². The van der Waals surface area contributed by atoms with Gasteiger partial charge in [0, 0.05) is 30.6 Å². The molecule has 4 rings (SSSR count). The molecule has 162 valence electrons. The normalized spacial score (nSPS) is 51.6. The van der Waals surface area contributed by atoms with Gasteiger partial charge in [-0.1, -0.05) is 13.8 Å². The standard InChI is InChI=1S/C23H33FO5/c1-13(25)23(29-14(2)26)10-7-18-16-11-19(24)22(28)12-15(27)5-8-20(22,3)17(16)6-9-21(18,23)4/h16-19,28H,5-12H2,1-4H3/t16-,17-,18-,19+,20-,21-,22+,23+/m1/s1. The summed E-state index contributed by atoms with van der Waals surface area (Å²) >= 11 is 0. The first kappa shape index (κ1) is 21.0. The third kappa shape index (κ3) is 2.50. The lowest BCUT2D eigenvalue weighted by Gasteiger charge is -2.64. The zero-order valence-electron chi connectivity index (χ0n) is 17.9. The number of carbonyl (C=O) groups is 3. The smallest absolute Gasteiger partial charge is 0.303 e. The molecule has 4 saturated carbocycles. The summed E-state index contributed by atoms with van der Waals surface area (Å²) in [5.74, 6) is -0.470. The Kier molecular flexibility index (Phi) is 4.59. The molecular formula is C23H33FO5. The van der Waals surface area contributed by atoms with Crippen LogP contribution in [0.25, 0.3) is 0 Å². The van der Waals surface area contributed by atoms with Gasteiger partial charge in [-0.25, -0.2) is 4.39 Å². The summed E-state index contributed by atoms with van der Waals surface area (Å²) in [4.78, 5) is 36.7. The third-order valence-electron chi connectivity index (χ3n) is 9.64. The molecule has 0 aromatic rings. The van der Waals surface area contributed by atoms with Gasteiger partial charge in [-0.2, -0.15) is 0 Å². The molecule has 0 aromatic carbocycles. The number of ketones is 2. The Labute approximate surface area is 171 Å². The minimum absolute atomic E-state index is 0.0130. The highest BCUT2D eigenvalue weighted by Gasteiger charge is 2.72. The topological polar surface area (TPSA) is 80.7 Å². The van der Waals surface area contributed by atoms with Crippen LogP contribution in [0.2, 0.25) is 0 Å². The maximum Gasteiger partial charge on any atom is 0.303 e. The first-order valence-electron chi connectivity index (χ1n) is 11.0. The van der Waals surface area contributed by atoms with Crippen molar-refractivity contribution in [3.05, 3.63) is 0 Å². The Hall–Kier alpha value is -1.30. The number of Topliss-reactive ketones (excluding diaryl/α,β-unsaturated/α-hetero) is 2. The number of hydrogen-bond acceptors (Lipinski definition) is 5. The molecule has 4 aliphatic carbocycles. The number of rotatable bonds is 2. The zero-order valence-corrected chi connectivity index (χ0v) is 17.9. The van der Waals surface area contributed by atoms with Gasteiger partial charge < -0.3 is 9.84 Å². The number of esters is 1. The molecule has 0 amide bonds. The molecule has 0 aromatic heterocycles. The van der Waals surface area contributed by atoms with Crippen LogP contribution in [0.5, 0.6) is 0 Å². The summed E-state index contributed by atoms with van der Waals surface area (Å²) in [6, 6.07) is 0. The van der Waals surface area contributed by atoms with Gasteiger partial charge >= 0.3 is 5.97 Å². The fourth-order valence-electron chi connectivity index (χ4n) is 8.08. The SMILES string of the molecule is CC(=O)O[C@]1(C(C)=O)CC[C@@H]2[C@@H]3C[C@H](F)[C@@]4(O)CC(=O)CC[C@]4(C)[C@@H]3CC[C@]21C. The van der Waals surface area contributed by atoms with Crippen molar-refractivity contribution in [1.29, 1.82) is 0 Å². The molecule has 0 bridgehead atoms. The number of alkyl halides is 1. The predicted octanol–water partition coefficient (Wildman–Crippen LogP) is 3.55. The summed E-state index contributed by atoms with van der Waals surface area (Å²) in [5, 5.41) is 11.3. The van der Waals surface area contributed by atoms with E-state index in [1.807, 2.05) is 13.8 Å². The summed E-state index contributed by atoms with van der Waals surface area (Å²) in [6.07, 6.45) is 2.18. The molecule has 0 saturated heterocycles. The van der Waals surface area contributed by atoms with Crippen LogP contribution in [0.4, 0.5) is 4.39 Å². The molecule has 4 aliphatic rings. The van der Waals surface area contributed by atoms with Gasteiger partial charge in [-0.3, -0.25) is 14.4 Å². The molecule has 5 nitrogen and oxygen atoms in total. The van der Waals surface area contributed by atoms with Crippen LogP contribution in [-0.4, -0.2) is 40.0 Å². The second-order valence-electron chi connectivity index (χ2n) is 10.6. The van der Waals surface area contributed by atoms with Crippen LogP contribution in [0.15, 0.2) is 0 Å². The van der Waals surface area contributed by atoms with Crippen LogP contribution in [0, 0.1) is 28.6 Å². The fourth-order valence-corrected chi connectivity index (χ4v) is 8.08. The summed E-state index contributed by atoms with van der Waals surface area (Å²) < 4.78 is 21.2. The van der Waals surface area contributed by atoms with Gasteiger partial charge in [0.2, 0.25) is 0 Å². The summed E-state index contributed by atoms with van der Waals surface area (Å²) in [5.41, 5.74) is -3.91. The first-order valence-corrected chi connectivity index (χ1v) is 11.0. The molecule has 29 heavy (non-hydrogen) atoms. The highest BCUT2D eigenvalue weighted by molar-refractivity contribution is 5.89. The van der Waals surface area contributed by atoms with Crippen molar-refractivity contribution in [3.63, 3.8) is 0 Å². The van der Waals surface area contributed by atoms with Gasteiger partial charge in [0.25, 0.3) is 0 Å².